The lowest BCUT2D eigenvalue weighted by atomic mass is 9.91. The van der Waals surface area contributed by atoms with E-state index in [0.717, 1.165) is 24.8 Å². The number of aromatic amines is 1. The third-order valence-corrected chi connectivity index (χ3v) is 7.32. The number of pyridine rings is 1. The third-order valence-electron chi connectivity index (χ3n) is 7.32. The highest BCUT2D eigenvalue weighted by Gasteiger charge is 2.48. The maximum atomic E-state index is 15.0. The van der Waals surface area contributed by atoms with Crippen molar-refractivity contribution in [1.82, 2.24) is 9.97 Å². The molecule has 3 aliphatic rings. The normalized spacial score (nSPS) is 27.4. The smallest absolute Gasteiger partial charge is 0.193 e. The molecule has 9 heteroatoms. The lowest BCUT2D eigenvalue weighted by Gasteiger charge is -2.22. The van der Waals surface area contributed by atoms with Crippen LogP contribution in [0, 0.1) is 5.82 Å². The zero-order chi connectivity index (χ0) is 25.4. The molecule has 0 amide bonds. The summed E-state index contributed by atoms with van der Waals surface area (Å²) in [6.45, 7) is 1.78. The molecule has 0 spiro atoms. The number of H-pyrrole nitrogens is 1. The molecular weight excluding hydrogens is 479 g/mol. The van der Waals surface area contributed by atoms with Crippen LogP contribution < -0.4 is 4.74 Å². The molecule has 196 valence electrons. The molecule has 0 bridgehead atoms. The van der Waals surface area contributed by atoms with Gasteiger partial charge in [-0.05, 0) is 30.4 Å². The zero-order valence-electron chi connectivity index (χ0n) is 20.7. The number of halogens is 1. The molecule has 1 aromatic carbocycles. The van der Waals surface area contributed by atoms with E-state index in [1.54, 1.807) is 13.2 Å². The number of ether oxygens (including phenoxy) is 5. The van der Waals surface area contributed by atoms with Gasteiger partial charge in [0, 0.05) is 24.8 Å². The van der Waals surface area contributed by atoms with Crippen LogP contribution in [0.1, 0.15) is 24.8 Å². The Hall–Kier alpha value is -2.82. The lowest BCUT2D eigenvalue weighted by Crippen LogP contribution is -2.34. The molecule has 2 aliphatic heterocycles. The van der Waals surface area contributed by atoms with Crippen molar-refractivity contribution in [3.63, 3.8) is 0 Å². The first-order valence-electron chi connectivity index (χ1n) is 12.8. The van der Waals surface area contributed by atoms with Crippen LogP contribution in [0.3, 0.4) is 0 Å². The van der Waals surface area contributed by atoms with Crippen molar-refractivity contribution in [1.29, 1.82) is 0 Å². The predicted molar refractivity (Wildman–Crippen MR) is 135 cm³/mol. The van der Waals surface area contributed by atoms with Crippen molar-refractivity contribution in [2.24, 2.45) is 0 Å². The van der Waals surface area contributed by atoms with E-state index >= 15 is 4.39 Å². The van der Waals surface area contributed by atoms with Gasteiger partial charge in [0.1, 0.15) is 24.0 Å². The minimum absolute atomic E-state index is 0.234. The fourth-order valence-electron chi connectivity index (χ4n) is 5.34. The molecule has 1 unspecified atom stereocenters. The average Bonchev–Trinajstić information content (AvgIpc) is 3.61. The number of rotatable bonds is 8. The van der Waals surface area contributed by atoms with Crippen molar-refractivity contribution in [3.05, 3.63) is 53.9 Å². The fraction of sp³-hybridized carbons (Fsp3) is 0.464. The number of benzene rings is 1. The Balaban J connectivity index is 1.15. The largest absolute Gasteiger partial charge is 0.470 e. The van der Waals surface area contributed by atoms with E-state index in [-0.39, 0.29) is 31.0 Å². The van der Waals surface area contributed by atoms with Crippen LogP contribution in [-0.4, -0.2) is 79.1 Å². The van der Waals surface area contributed by atoms with E-state index in [4.69, 9.17) is 23.7 Å². The molecule has 6 rings (SSSR count). The molecule has 37 heavy (non-hydrogen) atoms. The van der Waals surface area contributed by atoms with Crippen molar-refractivity contribution in [2.45, 2.75) is 49.8 Å². The zero-order valence-corrected chi connectivity index (χ0v) is 20.7. The molecule has 2 aromatic heterocycles. The van der Waals surface area contributed by atoms with E-state index in [0.29, 0.717) is 48.0 Å². The highest BCUT2D eigenvalue weighted by molar-refractivity contribution is 5.81. The van der Waals surface area contributed by atoms with Gasteiger partial charge in [0.05, 0.1) is 43.6 Å². The van der Waals surface area contributed by atoms with Gasteiger partial charge in [-0.3, -0.25) is 0 Å². The SMILES string of the molecule is COCCOC1CC=C(c2ccc(-c3nc4cc(O[C@@H]5CO[C@H]6[C@@H]5OC[C@H]6O)[nH]c4cc3F)cc2)CC1. The van der Waals surface area contributed by atoms with Crippen LogP contribution in [0.5, 0.6) is 5.88 Å². The number of fused-ring (bicyclic) bond motifs is 2. The first-order valence-corrected chi connectivity index (χ1v) is 12.8. The molecule has 4 heterocycles. The Labute approximate surface area is 214 Å². The van der Waals surface area contributed by atoms with Crippen LogP contribution >= 0.6 is 0 Å². The summed E-state index contributed by atoms with van der Waals surface area (Å²) in [6, 6.07) is 11.1. The van der Waals surface area contributed by atoms with Gasteiger partial charge < -0.3 is 33.8 Å². The number of allylic oxidation sites excluding steroid dienone is 1. The molecule has 2 N–H and O–H groups in total. The Morgan fingerprint density at radius 2 is 1.89 bits per heavy atom. The second-order valence-corrected chi connectivity index (χ2v) is 9.77. The van der Waals surface area contributed by atoms with Gasteiger partial charge >= 0.3 is 0 Å². The second kappa shape index (κ2) is 10.5. The summed E-state index contributed by atoms with van der Waals surface area (Å²) in [6.07, 6.45) is 3.57. The Morgan fingerprint density at radius 1 is 1.08 bits per heavy atom. The Morgan fingerprint density at radius 3 is 2.68 bits per heavy atom. The van der Waals surface area contributed by atoms with Gasteiger partial charge in [0.15, 0.2) is 17.8 Å². The summed E-state index contributed by atoms with van der Waals surface area (Å²) >= 11 is 0. The first kappa shape index (κ1) is 24.5. The van der Waals surface area contributed by atoms with Crippen LogP contribution in [0.2, 0.25) is 0 Å². The van der Waals surface area contributed by atoms with Crippen molar-refractivity contribution < 1.29 is 33.2 Å². The second-order valence-electron chi connectivity index (χ2n) is 9.77. The van der Waals surface area contributed by atoms with Gasteiger partial charge in [-0.1, -0.05) is 30.3 Å². The number of aromatic nitrogens is 2. The van der Waals surface area contributed by atoms with Crippen molar-refractivity contribution >= 4 is 16.6 Å². The molecule has 5 atom stereocenters. The Bertz CT molecular complexity index is 1280. The Kier molecular flexibility index (Phi) is 6.96. The van der Waals surface area contributed by atoms with E-state index in [1.165, 1.54) is 11.6 Å². The molecule has 0 radical (unpaired) electrons. The number of hydrogen-bond donors (Lipinski definition) is 2. The minimum atomic E-state index is -0.641. The van der Waals surface area contributed by atoms with Crippen LogP contribution in [0.15, 0.2) is 42.5 Å². The van der Waals surface area contributed by atoms with Crippen molar-refractivity contribution in [3.8, 4) is 17.1 Å². The molecule has 2 fully saturated rings. The quantitative estimate of drug-likeness (QED) is 0.444. The maximum absolute atomic E-state index is 15.0. The fourth-order valence-corrected chi connectivity index (χ4v) is 5.34. The van der Waals surface area contributed by atoms with Gasteiger partial charge in [0.25, 0.3) is 0 Å². The number of nitrogens with zero attached hydrogens (tertiary/aromatic N) is 1. The molecule has 1 aliphatic carbocycles. The van der Waals surface area contributed by atoms with E-state index in [2.05, 4.69) is 16.0 Å². The number of methoxy groups -OCH3 is 1. The topological polar surface area (TPSA) is 95.1 Å². The number of hydrogen-bond acceptors (Lipinski definition) is 7. The predicted octanol–water partition coefficient (Wildman–Crippen LogP) is 3.87. The van der Waals surface area contributed by atoms with Gasteiger partial charge in [-0.25, -0.2) is 9.37 Å². The summed E-state index contributed by atoms with van der Waals surface area (Å²) in [7, 11) is 1.68. The number of aliphatic hydroxyl groups excluding tert-OH is 1. The van der Waals surface area contributed by atoms with Gasteiger partial charge in [0.2, 0.25) is 0 Å². The maximum Gasteiger partial charge on any atom is 0.193 e. The van der Waals surface area contributed by atoms with E-state index in [9.17, 15) is 5.11 Å². The number of nitrogens with one attached hydrogen (secondary N) is 1. The van der Waals surface area contributed by atoms with E-state index < -0.39 is 11.9 Å². The van der Waals surface area contributed by atoms with Crippen LogP contribution in [0.25, 0.3) is 27.9 Å². The van der Waals surface area contributed by atoms with Crippen LogP contribution in [0.4, 0.5) is 4.39 Å². The molecule has 8 nitrogen and oxygen atoms in total. The minimum Gasteiger partial charge on any atom is -0.470 e. The summed E-state index contributed by atoms with van der Waals surface area (Å²) < 4.78 is 43.2. The molecule has 0 saturated carbocycles. The summed E-state index contributed by atoms with van der Waals surface area (Å²) in [4.78, 5) is 7.66. The third kappa shape index (κ3) is 5.02. The van der Waals surface area contributed by atoms with Gasteiger partial charge in [-0.2, -0.15) is 0 Å². The lowest BCUT2D eigenvalue weighted by molar-refractivity contribution is 0.00794. The number of aliphatic hydroxyl groups is 1. The first-order chi connectivity index (χ1) is 18.1. The molecule has 3 aromatic rings. The average molecular weight is 511 g/mol. The molecule has 2 saturated heterocycles. The monoisotopic (exact) mass is 510 g/mol. The standard InChI is InChI=1S/C28H31FN2O6/c1-33-10-11-34-19-8-6-17(7-9-19)16-2-4-18(5-3-16)26-20(29)12-21-22(31-26)13-25(30-21)37-24-15-36-27-23(32)14-35-28(24)27/h2-6,12-13,19,23-24,27-28,30,32H,7-11,14-15H2,1H3/t19?,23-,24-,27-,28-/m1/s1. The summed E-state index contributed by atoms with van der Waals surface area (Å²) in [5.74, 6) is 0.0514. The van der Waals surface area contributed by atoms with E-state index in [1.807, 2.05) is 24.3 Å². The van der Waals surface area contributed by atoms with Gasteiger partial charge in [-0.15, -0.1) is 0 Å². The highest BCUT2D eigenvalue weighted by atomic mass is 19.1. The highest BCUT2D eigenvalue weighted by Crippen LogP contribution is 2.33. The van der Waals surface area contributed by atoms with Crippen molar-refractivity contribution in [2.75, 3.05) is 33.5 Å². The summed E-state index contributed by atoms with van der Waals surface area (Å²) in [5, 5.41) is 9.93. The van der Waals surface area contributed by atoms with Crippen LogP contribution in [-0.2, 0) is 18.9 Å². The summed E-state index contributed by atoms with van der Waals surface area (Å²) in [5.41, 5.74) is 4.57. The molecular formula is C28H31FN2O6.